The number of carbonyl (C=O) groups excluding carboxylic acids is 2. The van der Waals surface area contributed by atoms with E-state index in [2.05, 4.69) is 0 Å². The number of amides is 1. The number of aryl methyl sites for hydroxylation is 1. The number of ether oxygens (including phenoxy) is 3. The molecule has 1 saturated heterocycles. The molecular formula is C29H27Cl2NO6. The maximum atomic E-state index is 13.6. The first kappa shape index (κ1) is 27.4. The first-order valence-electron chi connectivity index (χ1n) is 11.9. The first-order valence-corrected chi connectivity index (χ1v) is 12.6. The molecule has 198 valence electrons. The van der Waals surface area contributed by atoms with Crippen LogP contribution in [0, 0.1) is 13.8 Å². The van der Waals surface area contributed by atoms with Gasteiger partial charge in [-0.1, -0.05) is 41.4 Å². The van der Waals surface area contributed by atoms with Crippen molar-refractivity contribution in [2.45, 2.75) is 26.8 Å². The molecule has 1 atom stereocenters. The van der Waals surface area contributed by atoms with Gasteiger partial charge >= 0.3 is 0 Å². The molecule has 7 nitrogen and oxygen atoms in total. The van der Waals surface area contributed by atoms with Crippen molar-refractivity contribution in [2.75, 3.05) is 25.7 Å². The van der Waals surface area contributed by atoms with E-state index in [1.807, 2.05) is 32.9 Å². The second-order valence-corrected chi connectivity index (χ2v) is 9.52. The van der Waals surface area contributed by atoms with Gasteiger partial charge in [-0.05, 0) is 67.8 Å². The van der Waals surface area contributed by atoms with Gasteiger partial charge in [-0.2, -0.15) is 0 Å². The van der Waals surface area contributed by atoms with Gasteiger partial charge in [0.2, 0.25) is 0 Å². The largest absolute Gasteiger partial charge is 0.507 e. The summed E-state index contributed by atoms with van der Waals surface area (Å²) in [6, 6.07) is 12.5. The molecule has 0 aromatic heterocycles. The molecule has 0 aliphatic carbocycles. The Morgan fingerprint density at radius 2 is 1.66 bits per heavy atom. The quantitative estimate of drug-likeness (QED) is 0.199. The number of carbonyl (C=O) groups is 2. The molecule has 38 heavy (non-hydrogen) atoms. The number of aliphatic hydroxyl groups excluding tert-OH is 1. The third-order valence-corrected chi connectivity index (χ3v) is 7.12. The van der Waals surface area contributed by atoms with Gasteiger partial charge in [-0.15, -0.1) is 0 Å². The summed E-state index contributed by atoms with van der Waals surface area (Å²) in [5, 5.41) is 11.8. The van der Waals surface area contributed by atoms with Crippen LogP contribution in [0.3, 0.4) is 0 Å². The van der Waals surface area contributed by atoms with E-state index in [0.717, 1.165) is 11.1 Å². The van der Waals surface area contributed by atoms with Gasteiger partial charge in [0, 0.05) is 11.3 Å². The third-order valence-electron chi connectivity index (χ3n) is 6.56. The molecule has 1 unspecified atom stereocenters. The van der Waals surface area contributed by atoms with Crippen molar-refractivity contribution in [2.24, 2.45) is 0 Å². The number of rotatable bonds is 7. The molecule has 1 heterocycles. The number of nitrogens with zero attached hydrogens (tertiary/aromatic N) is 1. The lowest BCUT2D eigenvalue weighted by Crippen LogP contribution is -2.30. The molecule has 0 bridgehead atoms. The van der Waals surface area contributed by atoms with Gasteiger partial charge in [-0.25, -0.2) is 0 Å². The number of Topliss-reactive ketones (excluding diaryl/α,β-unsaturated/α-hetero) is 1. The molecule has 1 N–H and O–H groups in total. The zero-order chi connectivity index (χ0) is 27.7. The minimum atomic E-state index is -0.972. The maximum Gasteiger partial charge on any atom is 0.300 e. The Labute approximate surface area is 231 Å². The third kappa shape index (κ3) is 4.68. The Morgan fingerprint density at radius 3 is 2.26 bits per heavy atom. The molecule has 1 amide bonds. The summed E-state index contributed by atoms with van der Waals surface area (Å²) in [6.45, 7) is 6.02. The fraction of sp³-hybridized carbons (Fsp3) is 0.241. The average molecular weight is 556 g/mol. The first-order chi connectivity index (χ1) is 18.1. The van der Waals surface area contributed by atoms with Crippen molar-refractivity contribution < 1.29 is 28.9 Å². The van der Waals surface area contributed by atoms with Crippen LogP contribution in [0.25, 0.3) is 5.76 Å². The van der Waals surface area contributed by atoms with Crippen molar-refractivity contribution in [3.8, 4) is 17.2 Å². The fourth-order valence-electron chi connectivity index (χ4n) is 4.57. The van der Waals surface area contributed by atoms with Crippen LogP contribution in [0.15, 0.2) is 54.1 Å². The van der Waals surface area contributed by atoms with Crippen LogP contribution in [0.4, 0.5) is 5.69 Å². The van der Waals surface area contributed by atoms with Crippen LogP contribution < -0.4 is 19.1 Å². The number of halogens is 2. The minimum Gasteiger partial charge on any atom is -0.507 e. The number of benzene rings is 3. The maximum absolute atomic E-state index is 13.6. The zero-order valence-electron chi connectivity index (χ0n) is 21.6. The molecule has 0 spiro atoms. The van der Waals surface area contributed by atoms with Crippen LogP contribution in [0.5, 0.6) is 17.2 Å². The summed E-state index contributed by atoms with van der Waals surface area (Å²) in [4.78, 5) is 28.5. The lowest BCUT2D eigenvalue weighted by molar-refractivity contribution is -0.132. The van der Waals surface area contributed by atoms with E-state index >= 15 is 0 Å². The second kappa shape index (κ2) is 11.0. The van der Waals surface area contributed by atoms with Crippen molar-refractivity contribution >= 4 is 46.3 Å². The molecule has 3 aromatic carbocycles. The Hall–Kier alpha value is -3.68. The van der Waals surface area contributed by atoms with Crippen LogP contribution in [-0.2, 0) is 9.59 Å². The van der Waals surface area contributed by atoms with Crippen LogP contribution in [0.2, 0.25) is 10.0 Å². The standard InChI is InChI=1S/C29H27Cl2NO6/c1-6-38-23-14-17(10-11-22(23)36-4)25-24(26(33)18-12-19(30)28(37-5)20(31)13-18)27(34)29(35)32(25)21-9-7-8-15(2)16(21)3/h7-14,25,33H,6H2,1-5H3/b26-24+. The van der Waals surface area contributed by atoms with E-state index < -0.39 is 23.5 Å². The van der Waals surface area contributed by atoms with Gasteiger partial charge in [0.1, 0.15) is 5.76 Å². The minimum absolute atomic E-state index is 0.110. The van der Waals surface area contributed by atoms with Gasteiger partial charge in [0.15, 0.2) is 17.2 Å². The highest BCUT2D eigenvalue weighted by atomic mass is 35.5. The number of aliphatic hydroxyl groups is 1. The number of ketones is 1. The molecule has 4 rings (SSSR count). The Bertz CT molecular complexity index is 1440. The van der Waals surface area contributed by atoms with Crippen molar-refractivity contribution in [3.63, 3.8) is 0 Å². The van der Waals surface area contributed by atoms with Crippen LogP contribution in [-0.4, -0.2) is 37.6 Å². The molecule has 0 radical (unpaired) electrons. The molecule has 1 aliphatic heterocycles. The van der Waals surface area contributed by atoms with Crippen molar-refractivity contribution in [1.29, 1.82) is 0 Å². The van der Waals surface area contributed by atoms with Crippen molar-refractivity contribution in [3.05, 3.63) is 86.4 Å². The van der Waals surface area contributed by atoms with E-state index in [-0.39, 0.29) is 26.9 Å². The summed E-state index contributed by atoms with van der Waals surface area (Å²) in [6.07, 6.45) is 0. The van der Waals surface area contributed by atoms with Crippen LogP contribution >= 0.6 is 23.2 Å². The van der Waals surface area contributed by atoms with Gasteiger partial charge < -0.3 is 19.3 Å². The predicted octanol–water partition coefficient (Wildman–Crippen LogP) is 6.65. The summed E-state index contributed by atoms with van der Waals surface area (Å²) in [5.41, 5.74) is 2.93. The average Bonchev–Trinajstić information content (AvgIpc) is 3.15. The normalized spacial score (nSPS) is 16.6. The number of hydrogen-bond acceptors (Lipinski definition) is 6. The van der Waals surface area contributed by atoms with E-state index in [1.54, 1.807) is 24.3 Å². The Kier molecular flexibility index (Phi) is 7.90. The SMILES string of the molecule is CCOc1cc(C2/C(=C(\O)c3cc(Cl)c(OC)c(Cl)c3)C(=O)C(=O)N2c2cccc(C)c2C)ccc1OC. The Balaban J connectivity index is 2.02. The fourth-order valence-corrected chi connectivity index (χ4v) is 5.21. The van der Waals surface area contributed by atoms with E-state index in [4.69, 9.17) is 37.4 Å². The van der Waals surface area contributed by atoms with Gasteiger partial charge in [-0.3, -0.25) is 14.5 Å². The lowest BCUT2D eigenvalue weighted by atomic mass is 9.94. The van der Waals surface area contributed by atoms with Crippen LogP contribution in [0.1, 0.15) is 35.2 Å². The van der Waals surface area contributed by atoms with Crippen molar-refractivity contribution in [1.82, 2.24) is 0 Å². The van der Waals surface area contributed by atoms with Gasteiger partial charge in [0.25, 0.3) is 11.7 Å². The van der Waals surface area contributed by atoms with E-state index in [0.29, 0.717) is 29.4 Å². The molecule has 1 aliphatic rings. The number of hydrogen-bond donors (Lipinski definition) is 1. The Morgan fingerprint density at radius 1 is 0.974 bits per heavy atom. The smallest absolute Gasteiger partial charge is 0.300 e. The molecule has 1 fully saturated rings. The summed E-state index contributed by atoms with van der Waals surface area (Å²) in [5.74, 6) is -0.868. The lowest BCUT2D eigenvalue weighted by Gasteiger charge is -2.28. The predicted molar refractivity (Wildman–Crippen MR) is 148 cm³/mol. The summed E-state index contributed by atoms with van der Waals surface area (Å²) in [7, 11) is 2.94. The molecule has 9 heteroatoms. The van der Waals surface area contributed by atoms with Gasteiger partial charge in [0.05, 0.1) is 42.5 Å². The van der Waals surface area contributed by atoms with E-state index in [9.17, 15) is 14.7 Å². The number of methoxy groups -OCH3 is 2. The monoisotopic (exact) mass is 555 g/mol. The zero-order valence-corrected chi connectivity index (χ0v) is 23.1. The number of anilines is 1. The summed E-state index contributed by atoms with van der Waals surface area (Å²) >= 11 is 12.6. The molecule has 0 saturated carbocycles. The second-order valence-electron chi connectivity index (χ2n) is 8.70. The highest BCUT2D eigenvalue weighted by molar-refractivity contribution is 6.52. The topological polar surface area (TPSA) is 85.3 Å². The molecule has 3 aromatic rings. The highest BCUT2D eigenvalue weighted by Crippen LogP contribution is 2.46. The summed E-state index contributed by atoms with van der Waals surface area (Å²) < 4.78 is 16.4. The highest BCUT2D eigenvalue weighted by Gasteiger charge is 2.47. The molecular weight excluding hydrogens is 529 g/mol. The van der Waals surface area contributed by atoms with E-state index in [1.165, 1.54) is 31.3 Å².